The van der Waals surface area contributed by atoms with Gasteiger partial charge in [0.1, 0.15) is 5.82 Å². The molecule has 0 bridgehead atoms. The first kappa shape index (κ1) is 15.8. The lowest BCUT2D eigenvalue weighted by atomic mass is 10.2. The van der Waals surface area contributed by atoms with Crippen molar-refractivity contribution in [2.24, 2.45) is 0 Å². The number of H-pyrrole nitrogens is 1. The van der Waals surface area contributed by atoms with Crippen molar-refractivity contribution >= 4 is 22.6 Å². The minimum Gasteiger partial charge on any atom is -0.341 e. The molecule has 2 heterocycles. The fourth-order valence-corrected chi connectivity index (χ4v) is 2.85. The van der Waals surface area contributed by atoms with Gasteiger partial charge in [0, 0.05) is 10.6 Å². The second-order valence-electron chi connectivity index (χ2n) is 5.90. The molecule has 0 radical (unpaired) electrons. The Hall–Kier alpha value is -2.70. The largest absolute Gasteiger partial charge is 0.341 e. The van der Waals surface area contributed by atoms with Crippen LogP contribution >= 0.6 is 11.6 Å². The van der Waals surface area contributed by atoms with Crippen molar-refractivity contribution in [1.29, 1.82) is 0 Å². The van der Waals surface area contributed by atoms with Crippen molar-refractivity contribution < 1.29 is 4.52 Å². The second-order valence-corrected chi connectivity index (χ2v) is 6.33. The first-order valence-electron chi connectivity index (χ1n) is 7.88. The molecule has 126 valence electrons. The summed E-state index contributed by atoms with van der Waals surface area (Å²) in [4.78, 5) is 14.4. The van der Waals surface area contributed by atoms with Gasteiger partial charge in [0.15, 0.2) is 0 Å². The van der Waals surface area contributed by atoms with E-state index in [1.165, 1.54) is 0 Å². The number of hydrogen-bond acceptors (Lipinski definition) is 5. The SMILES string of the molecule is CN(Cc1nc2ccc(Cl)cc2[nH]1)Cc1nc(-c2ccccc2)no1. The van der Waals surface area contributed by atoms with Gasteiger partial charge in [-0.1, -0.05) is 47.1 Å². The zero-order chi connectivity index (χ0) is 17.2. The van der Waals surface area contributed by atoms with Crippen LogP contribution < -0.4 is 0 Å². The summed E-state index contributed by atoms with van der Waals surface area (Å²) in [5, 5.41) is 4.73. The number of fused-ring (bicyclic) bond motifs is 1. The zero-order valence-electron chi connectivity index (χ0n) is 13.6. The van der Waals surface area contributed by atoms with E-state index in [9.17, 15) is 0 Å². The van der Waals surface area contributed by atoms with Crippen LogP contribution in [0.2, 0.25) is 5.02 Å². The maximum atomic E-state index is 6.01. The van der Waals surface area contributed by atoms with E-state index in [-0.39, 0.29) is 0 Å². The molecule has 0 spiro atoms. The van der Waals surface area contributed by atoms with Crippen LogP contribution in [0.4, 0.5) is 0 Å². The van der Waals surface area contributed by atoms with Gasteiger partial charge in [-0.2, -0.15) is 4.98 Å². The van der Waals surface area contributed by atoms with Gasteiger partial charge in [0.25, 0.3) is 0 Å². The van der Waals surface area contributed by atoms with Crippen LogP contribution in [-0.2, 0) is 13.1 Å². The van der Waals surface area contributed by atoms with Crippen LogP contribution in [0.3, 0.4) is 0 Å². The van der Waals surface area contributed by atoms with Gasteiger partial charge < -0.3 is 9.51 Å². The van der Waals surface area contributed by atoms with E-state index in [2.05, 4.69) is 25.0 Å². The normalized spacial score (nSPS) is 11.5. The maximum Gasteiger partial charge on any atom is 0.241 e. The summed E-state index contributed by atoms with van der Waals surface area (Å²) < 4.78 is 5.35. The molecule has 0 amide bonds. The molecule has 0 aliphatic carbocycles. The Morgan fingerprint density at radius 2 is 1.92 bits per heavy atom. The average Bonchev–Trinajstić information content (AvgIpc) is 3.21. The number of halogens is 1. The lowest BCUT2D eigenvalue weighted by Crippen LogP contribution is -2.18. The molecule has 2 aromatic heterocycles. The molecule has 7 heteroatoms. The van der Waals surface area contributed by atoms with Crippen molar-refractivity contribution in [2.75, 3.05) is 7.05 Å². The molecular weight excluding hydrogens is 338 g/mol. The van der Waals surface area contributed by atoms with Gasteiger partial charge in [-0.3, -0.25) is 4.90 Å². The highest BCUT2D eigenvalue weighted by molar-refractivity contribution is 6.31. The van der Waals surface area contributed by atoms with Gasteiger partial charge in [0.2, 0.25) is 11.7 Å². The molecule has 0 fully saturated rings. The van der Waals surface area contributed by atoms with Crippen LogP contribution in [0.1, 0.15) is 11.7 Å². The number of rotatable bonds is 5. The Morgan fingerprint density at radius 3 is 2.76 bits per heavy atom. The summed E-state index contributed by atoms with van der Waals surface area (Å²) in [5.74, 6) is 2.03. The van der Waals surface area contributed by atoms with E-state index >= 15 is 0 Å². The third-order valence-corrected chi connectivity index (χ3v) is 4.05. The standard InChI is InChI=1S/C18H16ClN5O/c1-24(10-16-20-14-8-7-13(19)9-15(14)21-16)11-17-22-18(23-25-17)12-5-3-2-4-6-12/h2-9H,10-11H2,1H3,(H,20,21). The summed E-state index contributed by atoms with van der Waals surface area (Å²) in [5.41, 5.74) is 2.77. The second kappa shape index (κ2) is 6.66. The highest BCUT2D eigenvalue weighted by Crippen LogP contribution is 2.18. The lowest BCUT2D eigenvalue weighted by molar-refractivity contribution is 0.257. The van der Waals surface area contributed by atoms with Gasteiger partial charge >= 0.3 is 0 Å². The predicted molar refractivity (Wildman–Crippen MR) is 96.0 cm³/mol. The molecule has 0 aliphatic rings. The molecule has 6 nitrogen and oxygen atoms in total. The number of hydrogen-bond donors (Lipinski definition) is 1. The summed E-state index contributed by atoms with van der Waals surface area (Å²) in [6.07, 6.45) is 0. The third kappa shape index (κ3) is 3.55. The lowest BCUT2D eigenvalue weighted by Gasteiger charge is -2.11. The fourth-order valence-electron chi connectivity index (χ4n) is 2.68. The minimum atomic E-state index is 0.539. The zero-order valence-corrected chi connectivity index (χ0v) is 14.4. The molecule has 4 rings (SSSR count). The van der Waals surface area contributed by atoms with E-state index in [0.717, 1.165) is 22.4 Å². The topological polar surface area (TPSA) is 70.8 Å². The Bertz CT molecular complexity index is 995. The molecule has 25 heavy (non-hydrogen) atoms. The van der Waals surface area contributed by atoms with Crippen molar-refractivity contribution in [3.8, 4) is 11.4 Å². The van der Waals surface area contributed by atoms with E-state index in [1.807, 2.05) is 55.6 Å². The smallest absolute Gasteiger partial charge is 0.241 e. The summed E-state index contributed by atoms with van der Waals surface area (Å²) >= 11 is 6.01. The van der Waals surface area contributed by atoms with Gasteiger partial charge in [-0.05, 0) is 25.2 Å². The van der Waals surface area contributed by atoms with Crippen LogP contribution in [0, 0.1) is 0 Å². The molecule has 0 unspecified atom stereocenters. The minimum absolute atomic E-state index is 0.539. The Morgan fingerprint density at radius 1 is 1.08 bits per heavy atom. The van der Waals surface area contributed by atoms with Crippen molar-refractivity contribution in [3.05, 3.63) is 65.3 Å². The molecule has 0 atom stereocenters. The van der Waals surface area contributed by atoms with Crippen molar-refractivity contribution in [1.82, 2.24) is 25.0 Å². The molecule has 0 saturated carbocycles. The van der Waals surface area contributed by atoms with E-state index in [4.69, 9.17) is 16.1 Å². The van der Waals surface area contributed by atoms with Crippen LogP contribution in [0.25, 0.3) is 22.4 Å². The molecular formula is C18H16ClN5O. The number of imidazole rings is 1. The molecule has 2 aromatic carbocycles. The highest BCUT2D eigenvalue weighted by atomic mass is 35.5. The Kier molecular flexibility index (Phi) is 4.21. The molecule has 0 saturated heterocycles. The third-order valence-electron chi connectivity index (χ3n) is 3.82. The van der Waals surface area contributed by atoms with E-state index in [0.29, 0.717) is 29.8 Å². The molecule has 1 N–H and O–H groups in total. The number of nitrogens with zero attached hydrogens (tertiary/aromatic N) is 4. The maximum absolute atomic E-state index is 6.01. The molecule has 0 aliphatic heterocycles. The van der Waals surface area contributed by atoms with Crippen LogP contribution in [-0.4, -0.2) is 32.1 Å². The number of aromatic amines is 1. The fraction of sp³-hybridized carbons (Fsp3) is 0.167. The van der Waals surface area contributed by atoms with Crippen LogP contribution in [0.5, 0.6) is 0 Å². The first-order chi connectivity index (χ1) is 12.2. The predicted octanol–water partition coefficient (Wildman–Crippen LogP) is 3.90. The van der Waals surface area contributed by atoms with E-state index in [1.54, 1.807) is 0 Å². The Labute approximate surface area is 149 Å². The van der Waals surface area contributed by atoms with Crippen molar-refractivity contribution in [3.63, 3.8) is 0 Å². The number of nitrogens with one attached hydrogen (secondary N) is 1. The average molecular weight is 354 g/mol. The number of benzene rings is 2. The summed E-state index contributed by atoms with van der Waals surface area (Å²) in [6, 6.07) is 15.4. The molecule has 4 aromatic rings. The quantitative estimate of drug-likeness (QED) is 0.589. The van der Waals surface area contributed by atoms with E-state index < -0.39 is 0 Å². The monoisotopic (exact) mass is 353 g/mol. The summed E-state index contributed by atoms with van der Waals surface area (Å²) in [7, 11) is 1.98. The highest BCUT2D eigenvalue weighted by Gasteiger charge is 2.12. The number of aromatic nitrogens is 4. The van der Waals surface area contributed by atoms with Gasteiger partial charge in [-0.15, -0.1) is 0 Å². The van der Waals surface area contributed by atoms with Crippen LogP contribution in [0.15, 0.2) is 53.1 Å². The Balaban J connectivity index is 1.45. The van der Waals surface area contributed by atoms with Gasteiger partial charge in [0.05, 0.1) is 24.1 Å². The van der Waals surface area contributed by atoms with Gasteiger partial charge in [-0.25, -0.2) is 4.98 Å². The first-order valence-corrected chi connectivity index (χ1v) is 8.26. The van der Waals surface area contributed by atoms with Crippen molar-refractivity contribution in [2.45, 2.75) is 13.1 Å². The summed E-state index contributed by atoms with van der Waals surface area (Å²) in [6.45, 7) is 1.17.